The van der Waals surface area contributed by atoms with Crippen LogP contribution < -0.4 is 4.72 Å². The zero-order valence-electron chi connectivity index (χ0n) is 9.83. The molecule has 2 aromatic heterocycles. The van der Waals surface area contributed by atoms with Gasteiger partial charge in [0.2, 0.25) is 15.8 Å². The van der Waals surface area contributed by atoms with Gasteiger partial charge in [-0.3, -0.25) is 5.10 Å². The third-order valence-corrected chi connectivity index (χ3v) is 4.59. The van der Waals surface area contributed by atoms with Crippen LogP contribution in [0, 0.1) is 0 Å². The van der Waals surface area contributed by atoms with Crippen LogP contribution in [0.2, 0.25) is 0 Å². The highest BCUT2D eigenvalue weighted by atomic mass is 79.9. The van der Waals surface area contributed by atoms with E-state index < -0.39 is 21.8 Å². The second-order valence-electron chi connectivity index (χ2n) is 3.63. The molecule has 0 saturated carbocycles. The Bertz CT molecular complexity index is 709. The number of aromatic nitrogens is 3. The van der Waals surface area contributed by atoms with E-state index in [1.54, 1.807) is 0 Å². The van der Waals surface area contributed by atoms with Crippen molar-refractivity contribution in [3.63, 3.8) is 0 Å². The number of sulfonamides is 1. The van der Waals surface area contributed by atoms with Gasteiger partial charge in [0.15, 0.2) is 4.67 Å². The van der Waals surface area contributed by atoms with E-state index in [0.29, 0.717) is 12.2 Å². The van der Waals surface area contributed by atoms with E-state index in [4.69, 9.17) is 9.52 Å². The van der Waals surface area contributed by atoms with Crippen molar-refractivity contribution in [3.8, 4) is 0 Å². The van der Waals surface area contributed by atoms with E-state index in [9.17, 15) is 13.2 Å². The molecular weight excluding hydrogens is 356 g/mol. The number of furan rings is 1. The quantitative estimate of drug-likeness (QED) is 0.673. The minimum Gasteiger partial charge on any atom is -0.475 e. The van der Waals surface area contributed by atoms with E-state index in [2.05, 4.69) is 35.8 Å². The Kier molecular flexibility index (Phi) is 4.20. The minimum atomic E-state index is -3.87. The number of hydrogen-bond acceptors (Lipinski definition) is 6. The van der Waals surface area contributed by atoms with E-state index in [0.717, 1.165) is 6.07 Å². The average molecular weight is 365 g/mol. The molecule has 3 N–H and O–H groups in total. The molecule has 0 aliphatic carbocycles. The number of carboxylic acids is 1. The number of carbonyl (C=O) groups is 1. The monoisotopic (exact) mass is 364 g/mol. The lowest BCUT2D eigenvalue weighted by molar-refractivity contribution is 0.0661. The Balaban J connectivity index is 2.08. The number of carboxylic acid groups (broad SMARTS) is 1. The van der Waals surface area contributed by atoms with Gasteiger partial charge in [0.1, 0.15) is 17.0 Å². The number of H-pyrrole nitrogens is 1. The number of nitrogens with zero attached hydrogens (tertiary/aromatic N) is 2. The first kappa shape index (κ1) is 14.7. The first-order valence-electron chi connectivity index (χ1n) is 5.26. The molecule has 0 bridgehead atoms. The summed E-state index contributed by atoms with van der Waals surface area (Å²) in [5.41, 5.74) is 0. The van der Waals surface area contributed by atoms with Crippen molar-refractivity contribution in [2.24, 2.45) is 0 Å². The summed E-state index contributed by atoms with van der Waals surface area (Å²) in [4.78, 5) is 14.3. The number of nitrogens with one attached hydrogen (secondary N) is 2. The van der Waals surface area contributed by atoms with Crippen LogP contribution in [0.5, 0.6) is 0 Å². The summed E-state index contributed by atoms with van der Waals surface area (Å²) in [7, 11) is -3.87. The number of hydrogen-bond donors (Lipinski definition) is 3. The van der Waals surface area contributed by atoms with Gasteiger partial charge < -0.3 is 9.52 Å². The fraction of sp³-hybridized carbons (Fsp3) is 0.222. The van der Waals surface area contributed by atoms with Gasteiger partial charge in [0.25, 0.3) is 0 Å². The molecule has 0 atom stereocenters. The topological polar surface area (TPSA) is 138 Å². The lowest BCUT2D eigenvalue weighted by Gasteiger charge is -2.03. The molecule has 108 valence electrons. The maximum atomic E-state index is 12.0. The Morgan fingerprint density at radius 2 is 2.30 bits per heavy atom. The molecule has 0 spiro atoms. The van der Waals surface area contributed by atoms with E-state index in [-0.39, 0.29) is 16.1 Å². The molecule has 0 aliphatic heterocycles. The molecule has 0 fully saturated rings. The van der Waals surface area contributed by atoms with E-state index in [1.807, 2.05) is 0 Å². The highest BCUT2D eigenvalue weighted by Gasteiger charge is 2.24. The maximum absolute atomic E-state index is 12.0. The lowest BCUT2D eigenvalue weighted by atomic mass is 10.4. The van der Waals surface area contributed by atoms with Crippen molar-refractivity contribution in [3.05, 3.63) is 28.6 Å². The van der Waals surface area contributed by atoms with Crippen LogP contribution in [0.1, 0.15) is 16.4 Å². The van der Waals surface area contributed by atoms with Crippen molar-refractivity contribution in [1.29, 1.82) is 0 Å². The predicted molar refractivity (Wildman–Crippen MR) is 68.6 cm³/mol. The van der Waals surface area contributed by atoms with Crippen LogP contribution in [-0.4, -0.2) is 41.2 Å². The molecule has 11 heteroatoms. The van der Waals surface area contributed by atoms with E-state index in [1.165, 1.54) is 6.33 Å². The zero-order chi connectivity index (χ0) is 14.8. The van der Waals surface area contributed by atoms with Crippen molar-refractivity contribution in [2.45, 2.75) is 11.3 Å². The molecule has 20 heavy (non-hydrogen) atoms. The Morgan fingerprint density at radius 3 is 2.85 bits per heavy atom. The molecule has 2 rings (SSSR count). The van der Waals surface area contributed by atoms with Gasteiger partial charge in [-0.25, -0.2) is 22.9 Å². The van der Waals surface area contributed by atoms with Crippen LogP contribution in [0.3, 0.4) is 0 Å². The van der Waals surface area contributed by atoms with Crippen molar-refractivity contribution in [1.82, 2.24) is 19.9 Å². The molecule has 0 aromatic carbocycles. The number of halogens is 1. The molecule has 0 unspecified atom stereocenters. The van der Waals surface area contributed by atoms with Crippen LogP contribution in [-0.2, 0) is 16.4 Å². The fourth-order valence-electron chi connectivity index (χ4n) is 1.37. The molecule has 9 nitrogen and oxygen atoms in total. The summed E-state index contributed by atoms with van der Waals surface area (Å²) >= 11 is 2.87. The molecular formula is C9H9BrN4O5S. The van der Waals surface area contributed by atoms with Gasteiger partial charge in [-0.1, -0.05) is 0 Å². The normalized spacial score (nSPS) is 11.7. The Morgan fingerprint density at radius 1 is 1.55 bits per heavy atom. The first-order chi connectivity index (χ1) is 9.40. The van der Waals surface area contributed by atoms with Crippen molar-refractivity contribution < 1.29 is 22.7 Å². The van der Waals surface area contributed by atoms with Crippen LogP contribution in [0.15, 0.2) is 26.4 Å². The summed E-state index contributed by atoms with van der Waals surface area (Å²) < 4.78 is 30.9. The van der Waals surface area contributed by atoms with Crippen LogP contribution >= 0.6 is 15.9 Å². The van der Waals surface area contributed by atoms with Gasteiger partial charge in [-0.05, 0) is 15.9 Å². The smallest absolute Gasteiger partial charge is 0.371 e. The minimum absolute atomic E-state index is 0.0809. The second-order valence-corrected chi connectivity index (χ2v) is 6.09. The van der Waals surface area contributed by atoms with Gasteiger partial charge in [-0.15, -0.1) is 0 Å². The van der Waals surface area contributed by atoms with Gasteiger partial charge >= 0.3 is 5.97 Å². The highest BCUT2D eigenvalue weighted by molar-refractivity contribution is 9.10. The maximum Gasteiger partial charge on any atom is 0.371 e. The summed E-state index contributed by atoms with van der Waals surface area (Å²) in [5, 5.41) is 15.0. The Labute approximate surface area is 121 Å². The highest BCUT2D eigenvalue weighted by Crippen LogP contribution is 2.25. The van der Waals surface area contributed by atoms with Crippen molar-refractivity contribution >= 4 is 31.9 Å². The SMILES string of the molecule is O=C(O)c1cc(S(=O)(=O)NCCc2ncn[nH]2)c(Br)o1. The lowest BCUT2D eigenvalue weighted by Crippen LogP contribution is -2.26. The van der Waals surface area contributed by atoms with Gasteiger partial charge in [0, 0.05) is 19.0 Å². The predicted octanol–water partition coefficient (Wildman–Crippen LogP) is 0.379. The standard InChI is InChI=1S/C9H9BrN4O5S/c10-8-6(3-5(19-8)9(15)16)20(17,18)13-2-1-7-11-4-12-14-7/h3-4,13H,1-2H2,(H,15,16)(H,11,12,14). The van der Waals surface area contributed by atoms with Crippen LogP contribution in [0.4, 0.5) is 0 Å². The first-order valence-corrected chi connectivity index (χ1v) is 7.54. The summed E-state index contributed by atoms with van der Waals surface area (Å²) in [6.07, 6.45) is 1.64. The number of aromatic amines is 1. The molecule has 0 amide bonds. The molecule has 0 aliphatic rings. The zero-order valence-corrected chi connectivity index (χ0v) is 12.2. The largest absolute Gasteiger partial charge is 0.475 e. The summed E-state index contributed by atoms with van der Waals surface area (Å²) in [6.45, 7) is 0.0809. The summed E-state index contributed by atoms with van der Waals surface area (Å²) in [6, 6.07) is 0.934. The average Bonchev–Trinajstić information content (AvgIpc) is 2.98. The van der Waals surface area contributed by atoms with E-state index >= 15 is 0 Å². The van der Waals surface area contributed by atoms with Crippen molar-refractivity contribution in [2.75, 3.05) is 6.54 Å². The number of rotatable bonds is 6. The van der Waals surface area contributed by atoms with Gasteiger partial charge in [0.05, 0.1) is 0 Å². The molecule has 0 saturated heterocycles. The summed E-state index contributed by atoms with van der Waals surface area (Å²) in [5.74, 6) is -1.29. The fourth-order valence-corrected chi connectivity index (χ4v) is 3.34. The third-order valence-electron chi connectivity index (χ3n) is 2.27. The third kappa shape index (κ3) is 3.23. The Hall–Kier alpha value is -1.72. The van der Waals surface area contributed by atoms with Crippen LogP contribution in [0.25, 0.3) is 0 Å². The second kappa shape index (κ2) is 5.73. The molecule has 2 heterocycles. The molecule has 2 aromatic rings. The molecule has 0 radical (unpaired) electrons. The number of aromatic carboxylic acids is 1. The van der Waals surface area contributed by atoms with Gasteiger partial charge in [-0.2, -0.15) is 5.10 Å².